The molecule has 1 saturated heterocycles. The van der Waals surface area contributed by atoms with E-state index in [1.807, 2.05) is 0 Å². The van der Waals surface area contributed by atoms with Gasteiger partial charge in [-0.15, -0.1) is 0 Å². The second-order valence-electron chi connectivity index (χ2n) is 6.76. The fourth-order valence-electron chi connectivity index (χ4n) is 3.95. The molecule has 2 rings (SSSR count). The lowest BCUT2D eigenvalue weighted by Gasteiger charge is -2.36. The van der Waals surface area contributed by atoms with Crippen LogP contribution in [0.15, 0.2) is 0 Å². The summed E-state index contributed by atoms with van der Waals surface area (Å²) in [6, 6.07) is 0. The zero-order valence-corrected chi connectivity index (χ0v) is 11.8. The maximum atomic E-state index is 12.1. The van der Waals surface area contributed by atoms with Crippen LogP contribution in [0.4, 0.5) is 0 Å². The van der Waals surface area contributed by atoms with Crippen molar-refractivity contribution in [2.45, 2.75) is 59.5 Å². The summed E-state index contributed by atoms with van der Waals surface area (Å²) in [7, 11) is 0. The molecule has 0 unspecified atom stereocenters. The molecule has 1 saturated carbocycles. The van der Waals surface area contributed by atoms with E-state index in [0.29, 0.717) is 23.7 Å². The third kappa shape index (κ3) is 1.90. The highest BCUT2D eigenvalue weighted by atomic mass is 16.6. The average Bonchev–Trinajstić information content (AvgIpc) is 2.71. The molecule has 4 atom stereocenters. The first-order chi connectivity index (χ1) is 7.88. The van der Waals surface area contributed by atoms with Gasteiger partial charge in [-0.05, 0) is 30.6 Å². The Bertz CT molecular complexity index is 308. The molecule has 2 nitrogen and oxygen atoms in total. The van der Waals surface area contributed by atoms with Crippen molar-refractivity contribution >= 4 is 5.97 Å². The lowest BCUT2D eigenvalue weighted by atomic mass is 9.74. The van der Waals surface area contributed by atoms with Gasteiger partial charge in [-0.1, -0.05) is 34.6 Å². The van der Waals surface area contributed by atoms with Crippen molar-refractivity contribution in [2.24, 2.45) is 29.6 Å². The van der Waals surface area contributed by atoms with Gasteiger partial charge in [-0.2, -0.15) is 0 Å². The Hall–Kier alpha value is -0.530. The summed E-state index contributed by atoms with van der Waals surface area (Å²) in [6.45, 7) is 11.1. The molecule has 2 aliphatic rings. The van der Waals surface area contributed by atoms with E-state index >= 15 is 0 Å². The molecule has 1 aliphatic heterocycles. The Morgan fingerprint density at radius 2 is 1.82 bits per heavy atom. The molecule has 0 N–H and O–H groups in total. The Labute approximate surface area is 105 Å². The minimum Gasteiger partial charge on any atom is -0.458 e. The minimum atomic E-state index is -0.139. The molecule has 0 amide bonds. The van der Waals surface area contributed by atoms with Crippen LogP contribution >= 0.6 is 0 Å². The van der Waals surface area contributed by atoms with Crippen molar-refractivity contribution in [3.05, 3.63) is 0 Å². The molecule has 17 heavy (non-hydrogen) atoms. The highest BCUT2D eigenvalue weighted by Crippen LogP contribution is 2.54. The van der Waals surface area contributed by atoms with Crippen LogP contribution in [0.2, 0.25) is 0 Å². The fraction of sp³-hybridized carbons (Fsp3) is 0.933. The Kier molecular flexibility index (Phi) is 3.26. The van der Waals surface area contributed by atoms with E-state index in [2.05, 4.69) is 34.6 Å². The van der Waals surface area contributed by atoms with Crippen LogP contribution in [0.25, 0.3) is 0 Å². The fourth-order valence-corrected chi connectivity index (χ4v) is 3.95. The molecule has 98 valence electrons. The van der Waals surface area contributed by atoms with E-state index in [0.717, 1.165) is 6.42 Å². The van der Waals surface area contributed by atoms with Crippen molar-refractivity contribution in [3.8, 4) is 0 Å². The van der Waals surface area contributed by atoms with Crippen LogP contribution in [0.3, 0.4) is 0 Å². The van der Waals surface area contributed by atoms with E-state index < -0.39 is 0 Å². The number of hydrogen-bond acceptors (Lipinski definition) is 2. The maximum Gasteiger partial charge on any atom is 0.309 e. The largest absolute Gasteiger partial charge is 0.458 e. The first kappa shape index (κ1) is 12.9. The van der Waals surface area contributed by atoms with Gasteiger partial charge in [0.25, 0.3) is 0 Å². The van der Waals surface area contributed by atoms with Gasteiger partial charge in [-0.3, -0.25) is 4.79 Å². The molecular weight excluding hydrogens is 212 g/mol. The lowest BCUT2D eigenvalue weighted by molar-refractivity contribution is -0.158. The second-order valence-corrected chi connectivity index (χ2v) is 6.76. The maximum absolute atomic E-state index is 12.1. The Morgan fingerprint density at radius 1 is 1.18 bits per heavy atom. The molecule has 2 fully saturated rings. The van der Waals surface area contributed by atoms with Crippen LogP contribution in [-0.2, 0) is 9.53 Å². The summed E-state index contributed by atoms with van der Waals surface area (Å²) < 4.78 is 5.93. The van der Waals surface area contributed by atoms with Crippen LogP contribution < -0.4 is 0 Å². The van der Waals surface area contributed by atoms with Gasteiger partial charge in [-0.25, -0.2) is 0 Å². The topological polar surface area (TPSA) is 26.3 Å². The average molecular weight is 238 g/mol. The van der Waals surface area contributed by atoms with Crippen molar-refractivity contribution in [1.29, 1.82) is 0 Å². The monoisotopic (exact) mass is 238 g/mol. The normalized spacial score (nSPS) is 41.8. The predicted molar refractivity (Wildman–Crippen MR) is 68.5 cm³/mol. The minimum absolute atomic E-state index is 0.0550. The van der Waals surface area contributed by atoms with E-state index in [1.165, 1.54) is 12.8 Å². The molecule has 0 aromatic heterocycles. The van der Waals surface area contributed by atoms with Gasteiger partial charge < -0.3 is 4.74 Å². The smallest absolute Gasteiger partial charge is 0.309 e. The van der Waals surface area contributed by atoms with Gasteiger partial charge in [0.05, 0.1) is 5.92 Å². The van der Waals surface area contributed by atoms with Crippen LogP contribution in [0, 0.1) is 29.6 Å². The summed E-state index contributed by atoms with van der Waals surface area (Å²) in [5, 5.41) is 0. The predicted octanol–water partition coefficient (Wildman–Crippen LogP) is 3.65. The molecule has 0 radical (unpaired) electrons. The van der Waals surface area contributed by atoms with Crippen molar-refractivity contribution in [2.75, 3.05) is 0 Å². The number of rotatable bonds is 2. The third-order valence-electron chi connectivity index (χ3n) is 5.11. The van der Waals surface area contributed by atoms with Gasteiger partial charge in [0.2, 0.25) is 0 Å². The molecule has 1 spiro atoms. The Morgan fingerprint density at radius 3 is 2.29 bits per heavy atom. The van der Waals surface area contributed by atoms with E-state index in [4.69, 9.17) is 4.74 Å². The van der Waals surface area contributed by atoms with E-state index in [-0.39, 0.29) is 17.5 Å². The summed E-state index contributed by atoms with van der Waals surface area (Å²) in [4.78, 5) is 12.1. The SMILES string of the molecule is CC(C)[C@H]1CC[C@@H](C)[C@]12C[C@H](C(C)C)C(=O)O2. The van der Waals surface area contributed by atoms with E-state index in [9.17, 15) is 4.79 Å². The standard InChI is InChI=1S/C15H26O2/c1-9(2)12-8-15(17-14(12)16)11(5)6-7-13(15)10(3)4/h9-13H,6-8H2,1-5H3/t11-,12-,13-,15-/m1/s1. The van der Waals surface area contributed by atoms with Crippen LogP contribution in [0.1, 0.15) is 53.9 Å². The number of ether oxygens (including phenoxy) is 1. The van der Waals surface area contributed by atoms with Crippen molar-refractivity contribution in [3.63, 3.8) is 0 Å². The summed E-state index contributed by atoms with van der Waals surface area (Å²) in [5.74, 6) is 2.28. The van der Waals surface area contributed by atoms with Gasteiger partial charge in [0.15, 0.2) is 0 Å². The van der Waals surface area contributed by atoms with Crippen LogP contribution in [0.5, 0.6) is 0 Å². The summed E-state index contributed by atoms with van der Waals surface area (Å²) >= 11 is 0. The molecular formula is C15H26O2. The molecule has 0 bridgehead atoms. The highest BCUT2D eigenvalue weighted by Gasteiger charge is 2.58. The van der Waals surface area contributed by atoms with Crippen molar-refractivity contribution in [1.82, 2.24) is 0 Å². The lowest BCUT2D eigenvalue weighted by Crippen LogP contribution is -2.40. The summed E-state index contributed by atoms with van der Waals surface area (Å²) in [6.07, 6.45) is 3.38. The van der Waals surface area contributed by atoms with Gasteiger partial charge in [0, 0.05) is 12.3 Å². The zero-order chi connectivity index (χ0) is 12.8. The summed E-state index contributed by atoms with van der Waals surface area (Å²) in [5.41, 5.74) is -0.139. The number of carbonyl (C=O) groups is 1. The van der Waals surface area contributed by atoms with Gasteiger partial charge >= 0.3 is 5.97 Å². The zero-order valence-electron chi connectivity index (χ0n) is 11.8. The number of esters is 1. The van der Waals surface area contributed by atoms with Crippen molar-refractivity contribution < 1.29 is 9.53 Å². The first-order valence-electron chi connectivity index (χ1n) is 7.11. The quantitative estimate of drug-likeness (QED) is 0.686. The highest BCUT2D eigenvalue weighted by molar-refractivity contribution is 5.75. The molecule has 2 heteroatoms. The third-order valence-corrected chi connectivity index (χ3v) is 5.11. The van der Waals surface area contributed by atoms with Crippen LogP contribution in [-0.4, -0.2) is 11.6 Å². The molecule has 1 aliphatic carbocycles. The molecule has 0 aromatic rings. The second kappa shape index (κ2) is 4.29. The molecule has 0 aromatic carbocycles. The van der Waals surface area contributed by atoms with Gasteiger partial charge in [0.1, 0.15) is 5.60 Å². The Balaban J connectivity index is 2.26. The first-order valence-corrected chi connectivity index (χ1v) is 7.11. The molecule has 1 heterocycles. The number of carbonyl (C=O) groups excluding carboxylic acids is 1. The number of hydrogen-bond donors (Lipinski definition) is 0. The van der Waals surface area contributed by atoms with E-state index in [1.54, 1.807) is 0 Å².